The summed E-state index contributed by atoms with van der Waals surface area (Å²) in [5.41, 5.74) is 0.812. The lowest BCUT2D eigenvalue weighted by atomic mass is 9.94. The van der Waals surface area contributed by atoms with Gasteiger partial charge in [-0.05, 0) is 54.8 Å². The highest BCUT2D eigenvalue weighted by Crippen LogP contribution is 2.29. The Hall–Kier alpha value is -4.01. The molecule has 0 bridgehead atoms. The first-order chi connectivity index (χ1) is 17.0. The van der Waals surface area contributed by atoms with Gasteiger partial charge in [0.2, 0.25) is 11.8 Å². The minimum Gasteiger partial charge on any atom is -0.459 e. The van der Waals surface area contributed by atoms with Gasteiger partial charge < -0.3 is 15.1 Å². The lowest BCUT2D eigenvalue weighted by Gasteiger charge is -2.33. The summed E-state index contributed by atoms with van der Waals surface area (Å²) in [6.07, 6.45) is 9.29. The standard InChI is InChI=1S/C26H27FN4O4/c27-19-12-10-18(11-13-19)24(26(34)30-20-6-2-1-3-7-20)31(21-8-4-14-28-16-21)23(32)17-29-25(33)22-9-5-15-35-22/h4-5,8-16,20,24H,1-3,6-7,17H2,(H,29,33)(H,30,34)/t24-/m0/s1. The molecule has 35 heavy (non-hydrogen) atoms. The minimum absolute atomic E-state index is 0.00343. The highest BCUT2D eigenvalue weighted by molar-refractivity contribution is 6.04. The summed E-state index contributed by atoms with van der Waals surface area (Å²) in [4.78, 5) is 44.8. The molecule has 0 aliphatic heterocycles. The molecular formula is C26H27FN4O4. The summed E-state index contributed by atoms with van der Waals surface area (Å²) in [6, 6.07) is 10.7. The number of aromatic nitrogens is 1. The molecule has 3 aromatic rings. The van der Waals surface area contributed by atoms with E-state index in [1.807, 2.05) is 0 Å². The van der Waals surface area contributed by atoms with Crippen molar-refractivity contribution in [1.29, 1.82) is 0 Å². The number of hydrogen-bond donors (Lipinski definition) is 2. The van der Waals surface area contributed by atoms with Gasteiger partial charge in [-0.25, -0.2) is 4.39 Å². The van der Waals surface area contributed by atoms with E-state index in [1.165, 1.54) is 47.7 Å². The van der Waals surface area contributed by atoms with Gasteiger partial charge in [-0.15, -0.1) is 0 Å². The van der Waals surface area contributed by atoms with Gasteiger partial charge in [0.15, 0.2) is 5.76 Å². The van der Waals surface area contributed by atoms with Crippen molar-refractivity contribution < 1.29 is 23.2 Å². The third kappa shape index (κ3) is 6.11. The minimum atomic E-state index is -1.09. The fourth-order valence-corrected chi connectivity index (χ4v) is 4.26. The Bertz CT molecular complexity index is 1130. The molecule has 9 heteroatoms. The Labute approximate surface area is 202 Å². The number of anilines is 1. The van der Waals surface area contributed by atoms with Crippen LogP contribution < -0.4 is 15.5 Å². The third-order valence-electron chi connectivity index (χ3n) is 5.98. The van der Waals surface area contributed by atoms with Crippen molar-refractivity contribution in [3.8, 4) is 0 Å². The van der Waals surface area contributed by atoms with Crippen LogP contribution in [0.15, 0.2) is 71.6 Å². The average Bonchev–Trinajstić information content (AvgIpc) is 3.43. The first-order valence-electron chi connectivity index (χ1n) is 11.6. The maximum Gasteiger partial charge on any atom is 0.287 e. The van der Waals surface area contributed by atoms with Crippen LogP contribution in [0, 0.1) is 5.82 Å². The van der Waals surface area contributed by atoms with Crippen LogP contribution in [0.25, 0.3) is 0 Å². The van der Waals surface area contributed by atoms with Crippen molar-refractivity contribution in [3.05, 3.63) is 84.3 Å². The predicted molar refractivity (Wildman–Crippen MR) is 127 cm³/mol. The van der Waals surface area contributed by atoms with Crippen LogP contribution in [0.2, 0.25) is 0 Å². The molecule has 3 amide bonds. The quantitative estimate of drug-likeness (QED) is 0.513. The van der Waals surface area contributed by atoms with Gasteiger partial charge in [0.05, 0.1) is 24.7 Å². The molecule has 0 spiro atoms. The highest BCUT2D eigenvalue weighted by atomic mass is 19.1. The van der Waals surface area contributed by atoms with Crippen LogP contribution in [0.4, 0.5) is 10.1 Å². The Morgan fingerprint density at radius 2 is 1.83 bits per heavy atom. The van der Waals surface area contributed by atoms with Crippen LogP contribution in [0.3, 0.4) is 0 Å². The Balaban J connectivity index is 1.65. The Morgan fingerprint density at radius 3 is 2.49 bits per heavy atom. The molecule has 1 aliphatic rings. The molecule has 0 unspecified atom stereocenters. The van der Waals surface area contributed by atoms with Gasteiger partial charge in [-0.3, -0.25) is 24.3 Å². The smallest absolute Gasteiger partial charge is 0.287 e. The molecule has 1 aliphatic carbocycles. The second kappa shape index (κ2) is 11.4. The molecule has 182 valence electrons. The summed E-state index contributed by atoms with van der Waals surface area (Å²) < 4.78 is 18.8. The van der Waals surface area contributed by atoms with Gasteiger partial charge in [0, 0.05) is 12.2 Å². The summed E-state index contributed by atoms with van der Waals surface area (Å²) >= 11 is 0. The van der Waals surface area contributed by atoms with Crippen molar-refractivity contribution in [1.82, 2.24) is 15.6 Å². The average molecular weight is 479 g/mol. The van der Waals surface area contributed by atoms with E-state index in [0.717, 1.165) is 32.1 Å². The molecule has 0 saturated heterocycles. The van der Waals surface area contributed by atoms with E-state index in [4.69, 9.17) is 4.42 Å². The van der Waals surface area contributed by atoms with E-state index in [0.29, 0.717) is 11.3 Å². The van der Waals surface area contributed by atoms with Crippen LogP contribution in [-0.2, 0) is 9.59 Å². The number of amides is 3. The first kappa shape index (κ1) is 24.1. The summed E-state index contributed by atoms with van der Waals surface area (Å²) in [5.74, 6) is -1.86. The van der Waals surface area contributed by atoms with Crippen molar-refractivity contribution in [2.24, 2.45) is 0 Å². The molecule has 2 heterocycles. The monoisotopic (exact) mass is 478 g/mol. The third-order valence-corrected chi connectivity index (χ3v) is 5.98. The molecule has 8 nitrogen and oxygen atoms in total. The maximum atomic E-state index is 13.7. The highest BCUT2D eigenvalue weighted by Gasteiger charge is 2.34. The van der Waals surface area contributed by atoms with Gasteiger partial charge in [0.1, 0.15) is 11.9 Å². The SMILES string of the molecule is O=C(NCC(=O)N(c1cccnc1)[C@H](C(=O)NC1CCCCC1)c1ccc(F)cc1)c1ccco1. The maximum absolute atomic E-state index is 13.7. The van der Waals surface area contributed by atoms with Crippen LogP contribution in [0.5, 0.6) is 0 Å². The Kier molecular flexibility index (Phi) is 7.87. The molecule has 1 aromatic carbocycles. The van der Waals surface area contributed by atoms with Gasteiger partial charge in [0.25, 0.3) is 5.91 Å². The number of furan rings is 1. The molecule has 1 atom stereocenters. The van der Waals surface area contributed by atoms with Crippen LogP contribution in [0.1, 0.15) is 54.3 Å². The largest absolute Gasteiger partial charge is 0.459 e. The number of nitrogens with one attached hydrogen (secondary N) is 2. The number of carbonyl (C=O) groups is 3. The lowest BCUT2D eigenvalue weighted by molar-refractivity contribution is -0.127. The first-order valence-corrected chi connectivity index (χ1v) is 11.6. The second-order valence-corrected chi connectivity index (χ2v) is 8.43. The number of benzene rings is 1. The normalized spacial score (nSPS) is 14.7. The molecule has 1 fully saturated rings. The van der Waals surface area contributed by atoms with Crippen molar-refractivity contribution >= 4 is 23.4 Å². The molecule has 1 saturated carbocycles. The molecule has 4 rings (SSSR count). The van der Waals surface area contributed by atoms with E-state index in [1.54, 1.807) is 24.4 Å². The predicted octanol–water partition coefficient (Wildman–Crippen LogP) is 3.77. The number of nitrogens with zero attached hydrogens (tertiary/aromatic N) is 2. The van der Waals surface area contributed by atoms with Crippen molar-refractivity contribution in [3.63, 3.8) is 0 Å². The zero-order chi connectivity index (χ0) is 24.6. The van der Waals surface area contributed by atoms with E-state index in [2.05, 4.69) is 15.6 Å². The molecule has 2 aromatic heterocycles. The van der Waals surface area contributed by atoms with Gasteiger partial charge >= 0.3 is 0 Å². The number of halogens is 1. The second-order valence-electron chi connectivity index (χ2n) is 8.43. The van der Waals surface area contributed by atoms with E-state index in [9.17, 15) is 18.8 Å². The van der Waals surface area contributed by atoms with E-state index < -0.39 is 23.7 Å². The summed E-state index contributed by atoms with van der Waals surface area (Å²) in [5, 5.41) is 5.61. The van der Waals surface area contributed by atoms with Crippen LogP contribution >= 0.6 is 0 Å². The summed E-state index contributed by atoms with van der Waals surface area (Å²) in [7, 11) is 0. The fourth-order valence-electron chi connectivity index (χ4n) is 4.26. The fraction of sp³-hybridized carbons (Fsp3) is 0.308. The Morgan fingerprint density at radius 1 is 1.06 bits per heavy atom. The van der Waals surface area contributed by atoms with Crippen LogP contribution in [-0.4, -0.2) is 35.3 Å². The van der Waals surface area contributed by atoms with Crippen molar-refractivity contribution in [2.45, 2.75) is 44.2 Å². The number of hydrogen-bond acceptors (Lipinski definition) is 5. The van der Waals surface area contributed by atoms with Gasteiger partial charge in [-0.2, -0.15) is 0 Å². The van der Waals surface area contributed by atoms with E-state index >= 15 is 0 Å². The molecular weight excluding hydrogens is 451 g/mol. The summed E-state index contributed by atoms with van der Waals surface area (Å²) in [6.45, 7) is -0.386. The zero-order valence-electron chi connectivity index (χ0n) is 19.2. The lowest BCUT2D eigenvalue weighted by Crippen LogP contribution is -2.49. The number of carbonyl (C=O) groups excluding carboxylic acids is 3. The molecule has 0 radical (unpaired) electrons. The zero-order valence-corrected chi connectivity index (χ0v) is 19.2. The number of rotatable bonds is 8. The van der Waals surface area contributed by atoms with Crippen molar-refractivity contribution in [2.75, 3.05) is 11.4 Å². The van der Waals surface area contributed by atoms with Gasteiger partial charge in [-0.1, -0.05) is 31.4 Å². The number of pyridine rings is 1. The van der Waals surface area contributed by atoms with E-state index in [-0.39, 0.29) is 24.3 Å². The molecule has 2 N–H and O–H groups in total. The topological polar surface area (TPSA) is 105 Å².